The Morgan fingerprint density at radius 1 is 1.58 bits per heavy atom. The lowest BCUT2D eigenvalue weighted by atomic mass is 10.1. The van der Waals surface area contributed by atoms with Crippen molar-refractivity contribution in [3.8, 4) is 0 Å². The number of carbonyl (C=O) groups is 1. The van der Waals surface area contributed by atoms with Crippen molar-refractivity contribution in [3.05, 3.63) is 0 Å². The Kier molecular flexibility index (Phi) is 4.68. The van der Waals surface area contributed by atoms with Crippen molar-refractivity contribution >= 4 is 18.6 Å². The van der Waals surface area contributed by atoms with Gasteiger partial charge in [-0.2, -0.15) is 12.6 Å². The van der Waals surface area contributed by atoms with Crippen molar-refractivity contribution in [2.45, 2.75) is 51.4 Å². The van der Waals surface area contributed by atoms with Crippen LogP contribution in [0.25, 0.3) is 0 Å². The van der Waals surface area contributed by atoms with E-state index in [1.54, 1.807) is 0 Å². The van der Waals surface area contributed by atoms with Crippen LogP contribution in [-0.4, -0.2) is 16.8 Å². The van der Waals surface area contributed by atoms with E-state index in [9.17, 15) is 4.79 Å². The molecular formula is C9H18O2S. The van der Waals surface area contributed by atoms with Crippen molar-refractivity contribution in [1.82, 2.24) is 0 Å². The van der Waals surface area contributed by atoms with E-state index < -0.39 is 0 Å². The van der Waals surface area contributed by atoms with Gasteiger partial charge in [-0.1, -0.05) is 13.8 Å². The largest absolute Gasteiger partial charge is 0.460 e. The smallest absolute Gasteiger partial charge is 0.307 e. The summed E-state index contributed by atoms with van der Waals surface area (Å²) in [5, 5.41) is 0.0742. The lowest BCUT2D eigenvalue weighted by Gasteiger charge is -2.23. The molecule has 0 aromatic carbocycles. The monoisotopic (exact) mass is 190 g/mol. The van der Waals surface area contributed by atoms with Gasteiger partial charge < -0.3 is 4.74 Å². The van der Waals surface area contributed by atoms with Crippen molar-refractivity contribution in [2.24, 2.45) is 0 Å². The van der Waals surface area contributed by atoms with Gasteiger partial charge in [0.25, 0.3) is 0 Å². The normalized spacial score (nSPS) is 14.1. The molecule has 0 aromatic rings. The van der Waals surface area contributed by atoms with Gasteiger partial charge in [0.2, 0.25) is 0 Å². The molecule has 0 rings (SSSR count). The van der Waals surface area contributed by atoms with E-state index in [0.29, 0.717) is 6.42 Å². The Morgan fingerprint density at radius 2 is 2.08 bits per heavy atom. The van der Waals surface area contributed by atoms with Gasteiger partial charge in [0.05, 0.1) is 6.42 Å². The maximum Gasteiger partial charge on any atom is 0.307 e. The Morgan fingerprint density at radius 3 is 2.42 bits per heavy atom. The SMILES string of the molecule is CCC(C)(C)OC(=O)CC(C)S. The van der Waals surface area contributed by atoms with Gasteiger partial charge in [-0.25, -0.2) is 0 Å². The second kappa shape index (κ2) is 4.75. The molecule has 12 heavy (non-hydrogen) atoms. The zero-order valence-electron chi connectivity index (χ0n) is 8.26. The Bertz CT molecular complexity index is 153. The van der Waals surface area contributed by atoms with E-state index in [1.807, 2.05) is 27.7 Å². The van der Waals surface area contributed by atoms with E-state index in [0.717, 1.165) is 6.42 Å². The first kappa shape index (κ1) is 11.8. The number of rotatable bonds is 4. The molecule has 0 fully saturated rings. The minimum absolute atomic E-state index is 0.0742. The van der Waals surface area contributed by atoms with Crippen LogP contribution in [0.4, 0.5) is 0 Å². The summed E-state index contributed by atoms with van der Waals surface area (Å²) in [4.78, 5) is 11.2. The van der Waals surface area contributed by atoms with E-state index in [-0.39, 0.29) is 16.8 Å². The topological polar surface area (TPSA) is 26.3 Å². The van der Waals surface area contributed by atoms with Gasteiger partial charge in [-0.05, 0) is 20.3 Å². The summed E-state index contributed by atoms with van der Waals surface area (Å²) in [6, 6.07) is 0. The molecule has 0 aromatic heterocycles. The average Bonchev–Trinajstić information content (AvgIpc) is 1.84. The van der Waals surface area contributed by atoms with Crippen LogP contribution in [0.3, 0.4) is 0 Å². The molecule has 1 unspecified atom stereocenters. The number of esters is 1. The van der Waals surface area contributed by atoms with Crippen LogP contribution >= 0.6 is 12.6 Å². The predicted octanol–water partition coefficient (Wildman–Crippen LogP) is 2.43. The molecule has 0 spiro atoms. The molecule has 3 heteroatoms. The first-order chi connectivity index (χ1) is 5.37. The zero-order chi connectivity index (χ0) is 9.78. The summed E-state index contributed by atoms with van der Waals surface area (Å²) in [5.74, 6) is -0.163. The first-order valence-corrected chi connectivity index (χ1v) is 4.79. The summed E-state index contributed by atoms with van der Waals surface area (Å²) < 4.78 is 5.21. The zero-order valence-corrected chi connectivity index (χ0v) is 9.15. The molecule has 0 bridgehead atoms. The van der Waals surface area contributed by atoms with E-state index in [2.05, 4.69) is 12.6 Å². The Balaban J connectivity index is 3.84. The van der Waals surface area contributed by atoms with Crippen LogP contribution in [-0.2, 0) is 9.53 Å². The molecule has 0 amide bonds. The molecule has 0 aliphatic carbocycles. The fourth-order valence-corrected chi connectivity index (χ4v) is 0.812. The van der Waals surface area contributed by atoms with E-state index in [1.165, 1.54) is 0 Å². The molecule has 2 nitrogen and oxygen atoms in total. The summed E-state index contributed by atoms with van der Waals surface area (Å²) in [7, 11) is 0. The number of ether oxygens (including phenoxy) is 1. The van der Waals surface area contributed by atoms with Gasteiger partial charge in [0.15, 0.2) is 0 Å². The average molecular weight is 190 g/mol. The minimum Gasteiger partial charge on any atom is -0.460 e. The van der Waals surface area contributed by atoms with Crippen molar-refractivity contribution < 1.29 is 9.53 Å². The highest BCUT2D eigenvalue weighted by atomic mass is 32.1. The third kappa shape index (κ3) is 5.47. The third-order valence-electron chi connectivity index (χ3n) is 1.70. The van der Waals surface area contributed by atoms with Crippen LogP contribution in [0.5, 0.6) is 0 Å². The maximum atomic E-state index is 11.2. The van der Waals surface area contributed by atoms with E-state index >= 15 is 0 Å². The summed E-state index contributed by atoms with van der Waals surface area (Å²) in [5.41, 5.74) is -0.334. The first-order valence-electron chi connectivity index (χ1n) is 4.27. The molecule has 1 atom stereocenters. The van der Waals surface area contributed by atoms with Crippen LogP contribution in [0.2, 0.25) is 0 Å². The van der Waals surface area contributed by atoms with Gasteiger partial charge in [-0.3, -0.25) is 4.79 Å². The van der Waals surface area contributed by atoms with Crippen LogP contribution in [0.15, 0.2) is 0 Å². The quantitative estimate of drug-likeness (QED) is 0.544. The van der Waals surface area contributed by atoms with Gasteiger partial charge in [0.1, 0.15) is 5.60 Å². The predicted molar refractivity (Wildman–Crippen MR) is 53.5 cm³/mol. The highest BCUT2D eigenvalue weighted by Crippen LogP contribution is 2.15. The Hall–Kier alpha value is -0.180. The molecule has 0 heterocycles. The second-order valence-corrected chi connectivity index (χ2v) is 4.52. The number of hydrogen-bond acceptors (Lipinski definition) is 3. The van der Waals surface area contributed by atoms with E-state index in [4.69, 9.17) is 4.74 Å². The Labute approximate surface area is 80.1 Å². The fourth-order valence-electron chi connectivity index (χ4n) is 0.663. The molecule has 0 radical (unpaired) electrons. The molecular weight excluding hydrogens is 172 g/mol. The number of carbonyl (C=O) groups excluding carboxylic acids is 1. The number of thiol groups is 1. The standard InChI is InChI=1S/C9H18O2S/c1-5-9(3,4)11-8(10)6-7(2)12/h7,12H,5-6H2,1-4H3. The van der Waals surface area contributed by atoms with Gasteiger partial charge in [-0.15, -0.1) is 0 Å². The van der Waals surface area contributed by atoms with Crippen molar-refractivity contribution in [3.63, 3.8) is 0 Å². The summed E-state index contributed by atoms with van der Waals surface area (Å²) in [6.45, 7) is 7.70. The highest BCUT2D eigenvalue weighted by Gasteiger charge is 2.20. The fraction of sp³-hybridized carbons (Fsp3) is 0.889. The van der Waals surface area contributed by atoms with Crippen LogP contribution in [0.1, 0.15) is 40.5 Å². The molecule has 0 saturated heterocycles. The lowest BCUT2D eigenvalue weighted by molar-refractivity contribution is -0.156. The summed E-state index contributed by atoms with van der Waals surface area (Å²) in [6.07, 6.45) is 1.21. The van der Waals surface area contributed by atoms with Gasteiger partial charge in [0, 0.05) is 5.25 Å². The molecule has 0 aliphatic rings. The van der Waals surface area contributed by atoms with Crippen molar-refractivity contribution in [2.75, 3.05) is 0 Å². The van der Waals surface area contributed by atoms with Crippen LogP contribution < -0.4 is 0 Å². The number of hydrogen-bond donors (Lipinski definition) is 1. The van der Waals surface area contributed by atoms with Crippen LogP contribution in [0, 0.1) is 0 Å². The summed E-state index contributed by atoms with van der Waals surface area (Å²) >= 11 is 4.12. The van der Waals surface area contributed by atoms with Gasteiger partial charge >= 0.3 is 5.97 Å². The molecule has 0 saturated carbocycles. The molecule has 0 N–H and O–H groups in total. The molecule has 72 valence electrons. The second-order valence-electron chi connectivity index (χ2n) is 3.64. The lowest BCUT2D eigenvalue weighted by Crippen LogP contribution is -2.27. The minimum atomic E-state index is -0.334. The van der Waals surface area contributed by atoms with Crippen molar-refractivity contribution in [1.29, 1.82) is 0 Å². The maximum absolute atomic E-state index is 11.2. The highest BCUT2D eigenvalue weighted by molar-refractivity contribution is 7.80. The molecule has 0 aliphatic heterocycles. The third-order valence-corrected chi connectivity index (χ3v) is 1.89.